The van der Waals surface area contributed by atoms with E-state index >= 15 is 0 Å². The van der Waals surface area contributed by atoms with Crippen LogP contribution in [-0.2, 0) is 37.4 Å². The van der Waals surface area contributed by atoms with Crippen molar-refractivity contribution in [2.24, 2.45) is 0 Å². The van der Waals surface area contributed by atoms with E-state index in [9.17, 15) is 9.90 Å². The maximum absolute atomic E-state index is 11.6. The highest BCUT2D eigenvalue weighted by Gasteiger charge is 2.25. The van der Waals surface area contributed by atoms with E-state index in [-0.39, 0.29) is 18.3 Å². The molecule has 0 aliphatic carbocycles. The monoisotopic (exact) mass is 552 g/mol. The quantitative estimate of drug-likeness (QED) is 0.314. The van der Waals surface area contributed by atoms with Crippen molar-refractivity contribution in [1.29, 1.82) is 0 Å². The summed E-state index contributed by atoms with van der Waals surface area (Å²) in [5.74, 6) is 0.319. The number of rotatable bonds is 8. The fourth-order valence-corrected chi connectivity index (χ4v) is 5.35. The van der Waals surface area contributed by atoms with E-state index in [1.807, 2.05) is 30.3 Å². The molecule has 4 aromatic rings. The number of pyridine rings is 1. The minimum atomic E-state index is -0.953. The molecule has 2 aliphatic rings. The zero-order valence-corrected chi connectivity index (χ0v) is 22.1. The molecule has 0 bridgehead atoms. The summed E-state index contributed by atoms with van der Waals surface area (Å²) in [4.78, 5) is 23.5. The van der Waals surface area contributed by atoms with Crippen LogP contribution in [0.15, 0.2) is 48.5 Å². The summed E-state index contributed by atoms with van der Waals surface area (Å²) in [5, 5.41) is 10.6. The van der Waals surface area contributed by atoms with Gasteiger partial charge in [-0.1, -0.05) is 41.4 Å². The molecule has 10 heteroatoms. The van der Waals surface area contributed by atoms with Crippen LogP contribution in [0.4, 0.5) is 0 Å². The Kier molecular flexibility index (Phi) is 6.97. The van der Waals surface area contributed by atoms with Gasteiger partial charge in [-0.25, -0.2) is 14.8 Å². The number of aromatic carboxylic acids is 1. The number of hydrogen-bond donors (Lipinski definition) is 1. The fraction of sp³-hybridized carbons (Fsp3) is 0.321. The van der Waals surface area contributed by atoms with Crippen LogP contribution in [0.25, 0.3) is 11.0 Å². The molecule has 2 aromatic carbocycles. The van der Waals surface area contributed by atoms with Crippen molar-refractivity contribution in [3.8, 4) is 5.88 Å². The molecule has 2 aliphatic heterocycles. The van der Waals surface area contributed by atoms with E-state index < -0.39 is 5.97 Å². The Balaban J connectivity index is 1.23. The molecule has 0 unspecified atom stereocenters. The van der Waals surface area contributed by atoms with Crippen molar-refractivity contribution >= 4 is 40.2 Å². The molecule has 6 rings (SSSR count). The first-order chi connectivity index (χ1) is 18.4. The Morgan fingerprint density at radius 2 is 1.97 bits per heavy atom. The fourth-order valence-electron chi connectivity index (χ4n) is 4.93. The number of nitrogens with zero attached hydrogens (tertiary/aromatic N) is 4. The standard InChI is InChI=1S/C28H26Cl2N4O4/c29-21-4-2-1-3-19(21)16-38-27-22(30)11-17-7-9-33(14-24(17)32-27)15-26-31-23-6-5-18(28(35)36)12-25(23)34(26)13-20-8-10-37-20/h1-6,11-12,20H,7-10,13-16H2,(H,35,36)/t20-/m0/s1. The predicted molar refractivity (Wildman–Crippen MR) is 144 cm³/mol. The Labute approximate surface area is 229 Å². The van der Waals surface area contributed by atoms with E-state index in [0.29, 0.717) is 35.6 Å². The van der Waals surface area contributed by atoms with Gasteiger partial charge in [0.05, 0.1) is 41.5 Å². The first-order valence-electron chi connectivity index (χ1n) is 12.6. The number of carboxylic acid groups (broad SMARTS) is 1. The molecule has 0 amide bonds. The van der Waals surface area contributed by atoms with Gasteiger partial charge in [-0.15, -0.1) is 0 Å². The van der Waals surface area contributed by atoms with Crippen molar-refractivity contribution in [3.05, 3.63) is 86.8 Å². The molecule has 8 nitrogen and oxygen atoms in total. The number of carbonyl (C=O) groups is 1. The lowest BCUT2D eigenvalue weighted by atomic mass is 10.1. The predicted octanol–water partition coefficient (Wildman–Crippen LogP) is 5.36. The Hall–Kier alpha value is -3.17. The summed E-state index contributed by atoms with van der Waals surface area (Å²) >= 11 is 12.8. The lowest BCUT2D eigenvalue weighted by Gasteiger charge is -2.30. The van der Waals surface area contributed by atoms with Gasteiger partial charge >= 0.3 is 5.97 Å². The topological polar surface area (TPSA) is 89.7 Å². The smallest absolute Gasteiger partial charge is 0.335 e. The number of imidazole rings is 1. The van der Waals surface area contributed by atoms with Crippen molar-refractivity contribution in [2.75, 3.05) is 13.2 Å². The highest BCUT2D eigenvalue weighted by atomic mass is 35.5. The number of fused-ring (bicyclic) bond motifs is 2. The molecular formula is C28H26Cl2N4O4. The van der Waals surface area contributed by atoms with Crippen LogP contribution in [0.3, 0.4) is 0 Å². The SMILES string of the molecule is O=C(O)c1ccc2nc(CN3CCc4cc(Cl)c(OCc5ccccc5Cl)nc4C3)n(C[C@@H]3CCO3)c2c1. The largest absolute Gasteiger partial charge is 0.478 e. The Morgan fingerprint density at radius 1 is 1.13 bits per heavy atom. The third-order valence-electron chi connectivity index (χ3n) is 7.12. The second-order valence-electron chi connectivity index (χ2n) is 9.65. The zero-order valence-electron chi connectivity index (χ0n) is 20.6. The molecule has 1 fully saturated rings. The van der Waals surface area contributed by atoms with Crippen molar-refractivity contribution in [2.45, 2.75) is 45.2 Å². The van der Waals surface area contributed by atoms with Gasteiger partial charge < -0.3 is 19.1 Å². The lowest BCUT2D eigenvalue weighted by molar-refractivity contribution is -0.0592. The number of benzene rings is 2. The number of carboxylic acids is 1. The van der Waals surface area contributed by atoms with Crippen LogP contribution in [0.2, 0.25) is 10.0 Å². The van der Waals surface area contributed by atoms with Gasteiger partial charge in [-0.2, -0.15) is 0 Å². The summed E-state index contributed by atoms with van der Waals surface area (Å²) in [6, 6.07) is 14.5. The second-order valence-corrected chi connectivity index (χ2v) is 10.5. The van der Waals surface area contributed by atoms with Crippen LogP contribution < -0.4 is 4.74 Å². The van der Waals surface area contributed by atoms with Crippen LogP contribution in [0.1, 0.15) is 39.4 Å². The van der Waals surface area contributed by atoms with Gasteiger partial charge in [0.25, 0.3) is 0 Å². The van der Waals surface area contributed by atoms with E-state index in [1.54, 1.807) is 18.2 Å². The summed E-state index contributed by atoms with van der Waals surface area (Å²) < 4.78 is 13.7. The minimum Gasteiger partial charge on any atom is -0.478 e. The second kappa shape index (κ2) is 10.5. The van der Waals surface area contributed by atoms with Crippen LogP contribution >= 0.6 is 23.2 Å². The minimum absolute atomic E-state index is 0.114. The molecule has 2 aromatic heterocycles. The van der Waals surface area contributed by atoms with Crippen LogP contribution in [-0.4, -0.2) is 49.8 Å². The summed E-state index contributed by atoms with van der Waals surface area (Å²) in [7, 11) is 0. The van der Waals surface area contributed by atoms with Crippen molar-refractivity contribution in [3.63, 3.8) is 0 Å². The van der Waals surface area contributed by atoms with Crippen LogP contribution in [0.5, 0.6) is 5.88 Å². The summed E-state index contributed by atoms with van der Waals surface area (Å²) in [5.41, 5.74) is 4.74. The maximum Gasteiger partial charge on any atom is 0.335 e. The third kappa shape index (κ3) is 5.09. The molecule has 0 radical (unpaired) electrons. The first kappa shape index (κ1) is 25.1. The molecule has 0 saturated carbocycles. The first-order valence-corrected chi connectivity index (χ1v) is 13.3. The molecule has 4 heterocycles. The van der Waals surface area contributed by atoms with E-state index in [1.165, 1.54) is 0 Å². The van der Waals surface area contributed by atoms with Crippen molar-refractivity contribution in [1.82, 2.24) is 19.4 Å². The van der Waals surface area contributed by atoms with E-state index in [0.717, 1.165) is 59.7 Å². The Bertz CT molecular complexity index is 1520. The molecular weight excluding hydrogens is 527 g/mol. The Morgan fingerprint density at radius 3 is 2.74 bits per heavy atom. The average molecular weight is 553 g/mol. The van der Waals surface area contributed by atoms with Gasteiger partial charge in [-0.3, -0.25) is 4.90 Å². The summed E-state index contributed by atoms with van der Waals surface area (Å²) in [6.45, 7) is 3.73. The molecule has 1 atom stereocenters. The van der Waals surface area contributed by atoms with Gasteiger partial charge in [0.1, 0.15) is 17.5 Å². The highest BCUT2D eigenvalue weighted by molar-refractivity contribution is 6.32. The maximum atomic E-state index is 11.6. The van der Waals surface area contributed by atoms with Gasteiger partial charge in [0.15, 0.2) is 0 Å². The lowest BCUT2D eigenvalue weighted by Crippen LogP contribution is -2.34. The molecule has 0 spiro atoms. The normalized spacial score (nSPS) is 17.3. The molecule has 38 heavy (non-hydrogen) atoms. The molecule has 1 N–H and O–H groups in total. The highest BCUT2D eigenvalue weighted by Crippen LogP contribution is 2.30. The molecule has 1 saturated heterocycles. The van der Waals surface area contributed by atoms with E-state index in [4.69, 9.17) is 42.6 Å². The zero-order chi connectivity index (χ0) is 26.2. The number of halogens is 2. The molecule has 196 valence electrons. The van der Waals surface area contributed by atoms with E-state index in [2.05, 4.69) is 9.47 Å². The van der Waals surface area contributed by atoms with Gasteiger partial charge in [-0.05, 0) is 48.7 Å². The van der Waals surface area contributed by atoms with Crippen molar-refractivity contribution < 1.29 is 19.4 Å². The summed E-state index contributed by atoms with van der Waals surface area (Å²) in [6.07, 6.45) is 1.90. The van der Waals surface area contributed by atoms with Crippen LogP contribution in [0, 0.1) is 0 Å². The number of ether oxygens (including phenoxy) is 2. The number of aromatic nitrogens is 3. The number of hydrogen-bond acceptors (Lipinski definition) is 6. The third-order valence-corrected chi connectivity index (χ3v) is 7.76. The van der Waals surface area contributed by atoms with Gasteiger partial charge in [0, 0.05) is 30.3 Å². The van der Waals surface area contributed by atoms with Gasteiger partial charge in [0.2, 0.25) is 5.88 Å². The average Bonchev–Trinajstić information content (AvgIpc) is 3.21.